The molecule has 3 aliphatic rings. The zero-order valence-electron chi connectivity index (χ0n) is 19.4. The summed E-state index contributed by atoms with van der Waals surface area (Å²) in [7, 11) is 1.56. The van der Waals surface area contributed by atoms with Gasteiger partial charge >= 0.3 is 0 Å². The number of anilines is 1. The number of carbonyl (C=O) groups is 3. The van der Waals surface area contributed by atoms with Gasteiger partial charge in [-0.3, -0.25) is 14.4 Å². The van der Waals surface area contributed by atoms with Crippen molar-refractivity contribution in [3.63, 3.8) is 0 Å². The highest BCUT2D eigenvalue weighted by Gasteiger charge is 2.79. The molecule has 3 amide bonds. The van der Waals surface area contributed by atoms with Crippen LogP contribution in [0.4, 0.5) is 5.69 Å². The lowest BCUT2D eigenvalue weighted by Crippen LogP contribution is -2.54. The van der Waals surface area contributed by atoms with Gasteiger partial charge < -0.3 is 25.4 Å². The van der Waals surface area contributed by atoms with E-state index < -0.39 is 29.1 Å². The lowest BCUT2D eigenvalue weighted by Gasteiger charge is -2.36. The number of aryl methyl sites for hydroxylation is 2. The van der Waals surface area contributed by atoms with Crippen LogP contribution in [0.15, 0.2) is 18.2 Å². The molecule has 0 radical (unpaired) electrons. The van der Waals surface area contributed by atoms with Gasteiger partial charge in [0.1, 0.15) is 11.6 Å². The number of benzene rings is 1. The molecular formula is C24H33N3O5. The summed E-state index contributed by atoms with van der Waals surface area (Å²) in [5.74, 6) is -2.19. The van der Waals surface area contributed by atoms with Gasteiger partial charge in [-0.2, -0.15) is 0 Å². The van der Waals surface area contributed by atoms with E-state index in [1.165, 1.54) is 4.90 Å². The van der Waals surface area contributed by atoms with E-state index in [0.717, 1.165) is 11.1 Å². The van der Waals surface area contributed by atoms with Crippen LogP contribution in [0.2, 0.25) is 0 Å². The third-order valence-corrected chi connectivity index (χ3v) is 7.80. The molecule has 3 fully saturated rings. The fourth-order valence-corrected chi connectivity index (χ4v) is 6.15. The summed E-state index contributed by atoms with van der Waals surface area (Å²) in [6.07, 6.45) is 0.868. The quantitative estimate of drug-likeness (QED) is 0.616. The number of nitrogens with one attached hydrogen (secondary N) is 2. The highest BCUT2D eigenvalue weighted by molar-refractivity contribution is 6.04. The largest absolute Gasteiger partial charge is 0.396 e. The first-order valence-electron chi connectivity index (χ1n) is 11.3. The smallest absolute Gasteiger partial charge is 0.250 e. The van der Waals surface area contributed by atoms with Crippen molar-refractivity contribution in [2.24, 2.45) is 17.8 Å². The minimum absolute atomic E-state index is 0.00245. The standard InChI is InChI=1S/C24H33N3O5/c1-13-7-8-14(2)16(11-13)26-21(30)19-24-12-15(3)23(4,32-24)17(20(29)25-5)18(24)22(31)27(19)9-6-10-28/h7-8,11,15,17-19,28H,6,9-10,12H2,1-5H3,(H,25,29)(H,26,30)/t15?,17-,18+,19?,23+,24?/m1/s1. The van der Waals surface area contributed by atoms with Gasteiger partial charge in [-0.1, -0.05) is 19.1 Å². The van der Waals surface area contributed by atoms with Crippen molar-refractivity contribution in [2.45, 2.75) is 57.8 Å². The van der Waals surface area contributed by atoms with Crippen LogP contribution in [-0.2, 0) is 19.1 Å². The van der Waals surface area contributed by atoms with Crippen LogP contribution >= 0.6 is 0 Å². The molecule has 8 heteroatoms. The molecule has 3 aliphatic heterocycles. The molecule has 1 spiro atoms. The van der Waals surface area contributed by atoms with Crippen molar-refractivity contribution in [1.82, 2.24) is 10.2 Å². The van der Waals surface area contributed by atoms with Gasteiger partial charge in [0.25, 0.3) is 0 Å². The van der Waals surface area contributed by atoms with Crippen molar-refractivity contribution in [3.05, 3.63) is 29.3 Å². The average molecular weight is 444 g/mol. The van der Waals surface area contributed by atoms with E-state index in [-0.39, 0.29) is 36.8 Å². The first kappa shape index (κ1) is 22.7. The second-order valence-corrected chi connectivity index (χ2v) is 9.73. The Labute approximate surface area is 188 Å². The molecule has 3 heterocycles. The van der Waals surface area contributed by atoms with Gasteiger partial charge in [0.15, 0.2) is 0 Å². The molecule has 3 N–H and O–H groups in total. The number of rotatable bonds is 6. The first-order valence-corrected chi connectivity index (χ1v) is 11.3. The SMILES string of the molecule is CNC(=O)[C@H]1[C@H]2C(=O)N(CCCO)C(C(=O)Nc3cc(C)ccc3C)C23CC(C)[C@]1(C)O3. The molecule has 1 aromatic carbocycles. The van der Waals surface area contributed by atoms with Crippen LogP contribution < -0.4 is 10.6 Å². The average Bonchev–Trinajstić information content (AvgIpc) is 3.25. The molecule has 2 bridgehead atoms. The Bertz CT molecular complexity index is 965. The molecule has 32 heavy (non-hydrogen) atoms. The summed E-state index contributed by atoms with van der Waals surface area (Å²) in [6, 6.07) is 4.95. The summed E-state index contributed by atoms with van der Waals surface area (Å²) < 4.78 is 6.58. The Hall–Kier alpha value is -2.45. The van der Waals surface area contributed by atoms with Crippen LogP contribution in [0.5, 0.6) is 0 Å². The van der Waals surface area contributed by atoms with Crippen LogP contribution in [0.3, 0.4) is 0 Å². The maximum absolute atomic E-state index is 13.7. The molecule has 0 aliphatic carbocycles. The van der Waals surface area contributed by atoms with E-state index in [0.29, 0.717) is 18.5 Å². The molecular weight excluding hydrogens is 410 g/mol. The number of ether oxygens (including phenoxy) is 1. The zero-order chi connectivity index (χ0) is 23.4. The summed E-state index contributed by atoms with van der Waals surface area (Å²) in [5, 5.41) is 15.1. The lowest BCUT2D eigenvalue weighted by molar-refractivity contribution is -0.146. The number of hydrogen-bond acceptors (Lipinski definition) is 5. The van der Waals surface area contributed by atoms with Crippen molar-refractivity contribution in [3.8, 4) is 0 Å². The zero-order valence-corrected chi connectivity index (χ0v) is 19.4. The monoisotopic (exact) mass is 443 g/mol. The maximum Gasteiger partial charge on any atom is 0.250 e. The molecule has 174 valence electrons. The number of aliphatic hydroxyl groups is 1. The number of fused-ring (bicyclic) bond motifs is 1. The number of carbonyl (C=O) groups excluding carboxylic acids is 3. The van der Waals surface area contributed by atoms with Crippen LogP contribution in [-0.4, -0.2) is 65.2 Å². The van der Waals surface area contributed by atoms with Crippen LogP contribution in [0.25, 0.3) is 0 Å². The summed E-state index contributed by atoms with van der Waals surface area (Å²) in [5.41, 5.74) is 0.741. The Morgan fingerprint density at radius 3 is 2.66 bits per heavy atom. The minimum Gasteiger partial charge on any atom is -0.396 e. The van der Waals surface area contributed by atoms with Gasteiger partial charge in [-0.05, 0) is 56.7 Å². The van der Waals surface area contributed by atoms with E-state index in [4.69, 9.17) is 4.74 Å². The highest BCUT2D eigenvalue weighted by atomic mass is 16.5. The maximum atomic E-state index is 13.7. The molecule has 6 atom stereocenters. The number of nitrogens with zero attached hydrogens (tertiary/aromatic N) is 1. The predicted octanol–water partition coefficient (Wildman–Crippen LogP) is 1.38. The summed E-state index contributed by atoms with van der Waals surface area (Å²) in [6.45, 7) is 7.90. The topological polar surface area (TPSA) is 108 Å². The van der Waals surface area contributed by atoms with Crippen molar-refractivity contribution < 1.29 is 24.2 Å². The minimum atomic E-state index is -1.07. The number of hydrogen-bond donors (Lipinski definition) is 3. The van der Waals surface area contributed by atoms with E-state index in [1.807, 2.05) is 45.9 Å². The Balaban J connectivity index is 1.77. The van der Waals surface area contributed by atoms with Gasteiger partial charge in [0.2, 0.25) is 17.7 Å². The van der Waals surface area contributed by atoms with E-state index >= 15 is 0 Å². The number of aliphatic hydroxyl groups excluding tert-OH is 1. The Morgan fingerprint density at radius 2 is 2.00 bits per heavy atom. The first-order chi connectivity index (χ1) is 15.1. The third-order valence-electron chi connectivity index (χ3n) is 7.80. The molecule has 3 unspecified atom stereocenters. The summed E-state index contributed by atoms with van der Waals surface area (Å²) in [4.78, 5) is 41.8. The van der Waals surface area contributed by atoms with E-state index in [1.54, 1.807) is 7.05 Å². The van der Waals surface area contributed by atoms with Crippen molar-refractivity contribution in [2.75, 3.05) is 25.5 Å². The molecule has 1 aromatic rings. The predicted molar refractivity (Wildman–Crippen MR) is 119 cm³/mol. The number of likely N-dealkylation sites (tertiary alicyclic amines) is 1. The lowest BCUT2D eigenvalue weighted by atomic mass is 9.62. The van der Waals surface area contributed by atoms with Crippen LogP contribution in [0, 0.1) is 31.6 Å². The van der Waals surface area contributed by atoms with Gasteiger partial charge in [0.05, 0.1) is 17.4 Å². The fraction of sp³-hybridized carbons (Fsp3) is 0.625. The van der Waals surface area contributed by atoms with E-state index in [2.05, 4.69) is 10.6 Å². The Morgan fingerprint density at radius 1 is 1.28 bits per heavy atom. The fourth-order valence-electron chi connectivity index (χ4n) is 6.15. The second kappa shape index (κ2) is 7.85. The van der Waals surface area contributed by atoms with Crippen molar-refractivity contribution >= 4 is 23.4 Å². The highest BCUT2D eigenvalue weighted by Crippen LogP contribution is 2.65. The molecule has 3 saturated heterocycles. The van der Waals surface area contributed by atoms with Gasteiger partial charge in [-0.15, -0.1) is 0 Å². The second-order valence-electron chi connectivity index (χ2n) is 9.73. The number of amides is 3. The molecule has 0 saturated carbocycles. The van der Waals surface area contributed by atoms with Gasteiger partial charge in [0, 0.05) is 25.9 Å². The molecule has 0 aromatic heterocycles. The molecule has 4 rings (SSSR count). The normalized spacial score (nSPS) is 35.2. The molecule has 8 nitrogen and oxygen atoms in total. The van der Waals surface area contributed by atoms with Crippen LogP contribution in [0.1, 0.15) is 37.8 Å². The Kier molecular flexibility index (Phi) is 5.57. The van der Waals surface area contributed by atoms with Crippen molar-refractivity contribution in [1.29, 1.82) is 0 Å². The third kappa shape index (κ3) is 3.07. The summed E-state index contributed by atoms with van der Waals surface area (Å²) >= 11 is 0. The van der Waals surface area contributed by atoms with E-state index in [9.17, 15) is 19.5 Å². The van der Waals surface area contributed by atoms with Gasteiger partial charge in [-0.25, -0.2) is 0 Å².